The molecule has 0 N–H and O–H groups in total. The molecule has 2 fully saturated rings. The predicted octanol–water partition coefficient (Wildman–Crippen LogP) is 4.75. The maximum Gasteiger partial charge on any atom is 0.303 e. The van der Waals surface area contributed by atoms with Gasteiger partial charge in [-0.1, -0.05) is 31.5 Å². The van der Waals surface area contributed by atoms with Crippen LogP contribution in [0.2, 0.25) is 0 Å². The highest BCUT2D eigenvalue weighted by atomic mass is 35.5. The zero-order valence-electron chi connectivity index (χ0n) is 17.1. The number of hydrogen-bond acceptors (Lipinski definition) is 4. The first-order chi connectivity index (χ1) is 13.0. The average Bonchev–Trinajstić information content (AvgIpc) is 2.90. The van der Waals surface area contributed by atoms with E-state index >= 15 is 0 Å². The fourth-order valence-corrected chi connectivity index (χ4v) is 7.55. The van der Waals surface area contributed by atoms with Gasteiger partial charge < -0.3 is 4.74 Å². The fourth-order valence-electron chi connectivity index (χ4n) is 7.13. The number of Topliss-reactive ketones (excluding diaryl/α,β-unsaturated/α-hetero) is 1. The lowest BCUT2D eigenvalue weighted by Gasteiger charge is -2.57. The van der Waals surface area contributed by atoms with Gasteiger partial charge in [-0.3, -0.25) is 14.4 Å². The summed E-state index contributed by atoms with van der Waals surface area (Å²) < 4.78 is 5.79. The van der Waals surface area contributed by atoms with Crippen LogP contribution in [0.3, 0.4) is 0 Å². The van der Waals surface area contributed by atoms with Crippen molar-refractivity contribution in [1.82, 2.24) is 0 Å². The zero-order valence-corrected chi connectivity index (χ0v) is 17.9. The molecule has 2 saturated carbocycles. The van der Waals surface area contributed by atoms with Crippen molar-refractivity contribution >= 4 is 29.1 Å². The molecule has 0 heterocycles. The first-order valence-corrected chi connectivity index (χ1v) is 10.8. The summed E-state index contributed by atoms with van der Waals surface area (Å²) in [5.41, 5.74) is -0.532. The normalized spacial score (nSPS) is 44.6. The lowest BCUT2D eigenvalue weighted by atomic mass is 9.48. The number of ketones is 2. The van der Waals surface area contributed by atoms with Crippen LogP contribution in [-0.4, -0.2) is 23.1 Å². The summed E-state index contributed by atoms with van der Waals surface area (Å²) in [5, 5.41) is 0.689. The Balaban J connectivity index is 1.79. The molecular weight excluding hydrogens is 376 g/mol. The number of ether oxygens (including phenoxy) is 1. The van der Waals surface area contributed by atoms with Gasteiger partial charge in [0.05, 0.1) is 0 Å². The number of carbonyl (C=O) groups is 3. The zero-order chi connectivity index (χ0) is 20.5. The Morgan fingerprint density at radius 3 is 2.43 bits per heavy atom. The van der Waals surface area contributed by atoms with Crippen LogP contribution in [0.1, 0.15) is 66.2 Å². The Bertz CT molecular complexity index is 826. The number of rotatable bonds is 2. The molecule has 6 atom stereocenters. The fraction of sp³-hybridized carbons (Fsp3) is 0.696. The number of esters is 1. The van der Waals surface area contributed by atoms with E-state index in [1.807, 2.05) is 0 Å². The molecule has 5 heteroatoms. The first-order valence-electron chi connectivity index (χ1n) is 10.4. The number of halogens is 1. The lowest BCUT2D eigenvalue weighted by molar-refractivity contribution is -0.185. The van der Waals surface area contributed by atoms with E-state index in [1.165, 1.54) is 6.92 Å². The third-order valence-corrected chi connectivity index (χ3v) is 8.89. The van der Waals surface area contributed by atoms with E-state index in [9.17, 15) is 14.4 Å². The molecule has 0 aromatic rings. The minimum absolute atomic E-state index is 0.0490. The van der Waals surface area contributed by atoms with Gasteiger partial charge in [-0.2, -0.15) is 0 Å². The van der Waals surface area contributed by atoms with Gasteiger partial charge in [0.2, 0.25) is 0 Å². The highest BCUT2D eigenvalue weighted by Crippen LogP contribution is 2.68. The highest BCUT2D eigenvalue weighted by Gasteiger charge is 2.67. The molecular formula is C23H29ClO4. The van der Waals surface area contributed by atoms with Gasteiger partial charge in [0.25, 0.3) is 0 Å². The van der Waals surface area contributed by atoms with Gasteiger partial charge >= 0.3 is 5.97 Å². The Morgan fingerprint density at radius 1 is 1.11 bits per heavy atom. The Hall–Kier alpha value is -1.42. The van der Waals surface area contributed by atoms with E-state index in [0.717, 1.165) is 31.3 Å². The SMILES string of the molecule is CC(=O)O[C@@]1(C(C)=O)CC[C@@H]2[C@H]3C=C(Cl)C4=CC(=O)CC[C@]4(C)[C@@H]3CC[C@@]21C. The van der Waals surface area contributed by atoms with E-state index in [-0.39, 0.29) is 40.2 Å². The molecule has 0 saturated heterocycles. The second-order valence-corrected chi connectivity index (χ2v) is 10.1. The molecule has 4 aliphatic carbocycles. The van der Waals surface area contributed by atoms with E-state index in [0.29, 0.717) is 23.8 Å². The van der Waals surface area contributed by atoms with Crippen molar-refractivity contribution in [1.29, 1.82) is 0 Å². The first kappa shape index (κ1) is 19.9. The molecule has 0 spiro atoms. The molecule has 0 radical (unpaired) electrons. The van der Waals surface area contributed by atoms with Crippen LogP contribution < -0.4 is 0 Å². The van der Waals surface area contributed by atoms with Gasteiger partial charge in [0, 0.05) is 23.8 Å². The molecule has 0 aromatic heterocycles. The van der Waals surface area contributed by atoms with Crippen molar-refractivity contribution in [2.75, 3.05) is 0 Å². The van der Waals surface area contributed by atoms with Crippen LogP contribution in [-0.2, 0) is 19.1 Å². The maximum atomic E-state index is 12.7. The molecule has 28 heavy (non-hydrogen) atoms. The molecule has 4 nitrogen and oxygen atoms in total. The molecule has 4 aliphatic rings. The number of fused-ring (bicyclic) bond motifs is 5. The van der Waals surface area contributed by atoms with Crippen molar-refractivity contribution < 1.29 is 19.1 Å². The number of carbonyl (C=O) groups excluding carboxylic acids is 3. The molecule has 0 aromatic carbocycles. The average molecular weight is 405 g/mol. The summed E-state index contributed by atoms with van der Waals surface area (Å²) in [7, 11) is 0. The minimum atomic E-state index is -1.03. The second-order valence-electron chi connectivity index (χ2n) is 9.72. The Morgan fingerprint density at radius 2 is 1.79 bits per heavy atom. The summed E-state index contributed by atoms with van der Waals surface area (Å²) in [6.07, 6.45) is 8.48. The molecule has 0 unspecified atom stereocenters. The van der Waals surface area contributed by atoms with Gasteiger partial charge in [0.1, 0.15) is 0 Å². The van der Waals surface area contributed by atoms with Crippen LogP contribution >= 0.6 is 11.6 Å². The molecule has 0 aliphatic heterocycles. The van der Waals surface area contributed by atoms with Crippen molar-refractivity contribution in [2.45, 2.75) is 71.8 Å². The van der Waals surface area contributed by atoms with Crippen LogP contribution in [0.5, 0.6) is 0 Å². The topological polar surface area (TPSA) is 60.4 Å². The summed E-state index contributed by atoms with van der Waals surface area (Å²) >= 11 is 6.71. The van der Waals surface area contributed by atoms with Crippen LogP contribution in [0, 0.1) is 28.6 Å². The van der Waals surface area contributed by atoms with Crippen molar-refractivity contribution in [3.8, 4) is 0 Å². The van der Waals surface area contributed by atoms with Gasteiger partial charge in [-0.25, -0.2) is 0 Å². The quantitative estimate of drug-likeness (QED) is 0.623. The van der Waals surface area contributed by atoms with E-state index in [4.69, 9.17) is 16.3 Å². The van der Waals surface area contributed by atoms with Crippen LogP contribution in [0.15, 0.2) is 22.8 Å². The van der Waals surface area contributed by atoms with E-state index in [1.54, 1.807) is 13.0 Å². The van der Waals surface area contributed by atoms with Gasteiger partial charge in [0.15, 0.2) is 17.2 Å². The summed E-state index contributed by atoms with van der Waals surface area (Å²) in [5.74, 6) is 0.584. The standard InChI is InChI=1S/C23H29ClO4/c1-13(25)23(28-14(2)26)10-7-18-16-12-20(24)19-11-15(27)5-8-21(19,3)17(16)6-9-22(18,23)4/h11-12,16-18H,5-10H2,1-4H3/t16-,17+,18+,21+,22-,23+/m0/s1. The van der Waals surface area contributed by atoms with Crippen molar-refractivity contribution in [3.63, 3.8) is 0 Å². The Kier molecular flexibility index (Phi) is 4.46. The lowest BCUT2D eigenvalue weighted by Crippen LogP contribution is -2.58. The Labute approximate surface area is 171 Å². The maximum absolute atomic E-state index is 12.7. The van der Waals surface area contributed by atoms with E-state index in [2.05, 4.69) is 19.9 Å². The number of allylic oxidation sites excluding steroid dienone is 4. The number of hydrogen-bond donors (Lipinski definition) is 0. The van der Waals surface area contributed by atoms with Crippen molar-refractivity contribution in [3.05, 3.63) is 22.8 Å². The van der Waals surface area contributed by atoms with Gasteiger partial charge in [-0.15, -0.1) is 0 Å². The van der Waals surface area contributed by atoms with Crippen LogP contribution in [0.4, 0.5) is 0 Å². The molecule has 0 amide bonds. The van der Waals surface area contributed by atoms with Crippen molar-refractivity contribution in [2.24, 2.45) is 28.6 Å². The predicted molar refractivity (Wildman–Crippen MR) is 107 cm³/mol. The molecule has 4 rings (SSSR count). The smallest absolute Gasteiger partial charge is 0.303 e. The monoisotopic (exact) mass is 404 g/mol. The summed E-state index contributed by atoms with van der Waals surface area (Å²) in [6.45, 7) is 7.33. The molecule has 0 bridgehead atoms. The minimum Gasteiger partial charge on any atom is -0.451 e. The summed E-state index contributed by atoms with van der Waals surface area (Å²) in [4.78, 5) is 36.6. The van der Waals surface area contributed by atoms with Crippen LogP contribution in [0.25, 0.3) is 0 Å². The molecule has 152 valence electrons. The largest absolute Gasteiger partial charge is 0.451 e. The van der Waals surface area contributed by atoms with E-state index < -0.39 is 5.60 Å². The van der Waals surface area contributed by atoms with Gasteiger partial charge in [-0.05, 0) is 73.8 Å². The highest BCUT2D eigenvalue weighted by molar-refractivity contribution is 6.32. The summed E-state index contributed by atoms with van der Waals surface area (Å²) in [6, 6.07) is 0. The third kappa shape index (κ3) is 2.46. The third-order valence-electron chi connectivity index (χ3n) is 8.56. The second kappa shape index (κ2) is 6.29.